The Bertz CT molecular complexity index is 1610. The molecule has 0 fully saturated rings. The number of aryl methyl sites for hydroxylation is 1. The maximum Gasteiger partial charge on any atom is 0.196 e. The minimum Gasteiger partial charge on any atom is -0.453 e. The van der Waals surface area contributed by atoms with Gasteiger partial charge in [0.2, 0.25) is 0 Å². The topological polar surface area (TPSA) is 79.5 Å². The lowest BCUT2D eigenvalue weighted by atomic mass is 9.99. The van der Waals surface area contributed by atoms with Crippen LogP contribution in [0.4, 0.5) is 5.69 Å². The lowest BCUT2D eigenvalue weighted by molar-refractivity contribution is -0.858. The summed E-state index contributed by atoms with van der Waals surface area (Å²) in [6.45, 7) is 3.70. The fourth-order valence-electron chi connectivity index (χ4n) is 4.36. The van der Waals surface area contributed by atoms with Gasteiger partial charge in [-0.2, -0.15) is 0 Å². The van der Waals surface area contributed by atoms with Crippen molar-refractivity contribution in [3.05, 3.63) is 74.5 Å². The molecule has 0 aliphatic heterocycles. The highest BCUT2D eigenvalue weighted by Gasteiger charge is 2.19. The van der Waals surface area contributed by atoms with Crippen LogP contribution >= 0.6 is 0 Å². The highest BCUT2D eigenvalue weighted by Crippen LogP contribution is 2.31. The molecule has 0 unspecified atom stereocenters. The van der Waals surface area contributed by atoms with Crippen molar-refractivity contribution in [1.29, 1.82) is 0 Å². The lowest BCUT2D eigenvalue weighted by Gasteiger charge is -2.14. The molecule has 4 aromatic carbocycles. The maximum absolute atomic E-state index is 13.6. The maximum atomic E-state index is 13.6. The standard InChI is InChI=1S/C26H25N3O3/c1-15-9-10-20-18(13-15)28-24-21(32-20)14-19(27-11-6-12-29(2)3)22-23(24)26(31)17-8-5-4-7-16(17)25(22)30/h4-5,7-10,13-14,27-28H,6,11-12H2,1-3H3/p+1. The molecule has 1 heterocycles. The summed E-state index contributed by atoms with van der Waals surface area (Å²) in [5, 5.41) is 5.06. The van der Waals surface area contributed by atoms with E-state index in [0.717, 1.165) is 24.0 Å². The van der Waals surface area contributed by atoms with E-state index in [0.29, 0.717) is 50.5 Å². The molecule has 0 amide bonds. The number of hydrogen-bond donors (Lipinski definition) is 3. The number of aromatic amines is 1. The summed E-state index contributed by atoms with van der Waals surface area (Å²) in [5.74, 6) is 0. The molecule has 0 aliphatic carbocycles. The van der Waals surface area contributed by atoms with Crippen molar-refractivity contribution >= 4 is 49.4 Å². The molecule has 0 saturated heterocycles. The molecule has 3 N–H and O–H groups in total. The minimum atomic E-state index is -0.167. The van der Waals surface area contributed by atoms with E-state index in [4.69, 9.17) is 4.42 Å². The summed E-state index contributed by atoms with van der Waals surface area (Å²) < 4.78 is 6.19. The second kappa shape index (κ2) is 7.80. The summed E-state index contributed by atoms with van der Waals surface area (Å²) in [7, 11) is 4.22. The first-order chi connectivity index (χ1) is 15.4. The van der Waals surface area contributed by atoms with Crippen molar-refractivity contribution in [2.75, 3.05) is 32.5 Å². The van der Waals surface area contributed by atoms with Crippen molar-refractivity contribution in [3.63, 3.8) is 0 Å². The third-order valence-corrected chi connectivity index (χ3v) is 5.95. The molecule has 0 radical (unpaired) electrons. The van der Waals surface area contributed by atoms with Gasteiger partial charge in [-0.05, 0) is 24.6 Å². The lowest BCUT2D eigenvalue weighted by Crippen LogP contribution is -3.05. The van der Waals surface area contributed by atoms with Crippen LogP contribution in [0.3, 0.4) is 0 Å². The first-order valence-corrected chi connectivity index (χ1v) is 10.9. The summed E-state index contributed by atoms with van der Waals surface area (Å²) in [4.78, 5) is 31.9. The van der Waals surface area contributed by atoms with Gasteiger partial charge in [0.25, 0.3) is 0 Å². The van der Waals surface area contributed by atoms with E-state index in [1.807, 2.05) is 31.2 Å². The number of nitrogens with one attached hydrogen (secondary N) is 3. The Labute approximate surface area is 184 Å². The average Bonchev–Trinajstić information content (AvgIpc) is 2.78. The van der Waals surface area contributed by atoms with E-state index in [1.54, 1.807) is 24.3 Å². The second-order valence-electron chi connectivity index (χ2n) is 8.72. The van der Waals surface area contributed by atoms with Gasteiger partial charge >= 0.3 is 0 Å². The van der Waals surface area contributed by atoms with Gasteiger partial charge in [-0.3, -0.25) is 9.59 Å². The highest BCUT2D eigenvalue weighted by molar-refractivity contribution is 6.14. The van der Waals surface area contributed by atoms with Crippen LogP contribution in [0, 0.1) is 6.92 Å². The number of hydrogen-bond acceptors (Lipinski definition) is 4. The van der Waals surface area contributed by atoms with Gasteiger partial charge < -0.3 is 19.6 Å². The molecule has 0 atom stereocenters. The molecule has 5 aromatic rings. The van der Waals surface area contributed by atoms with Crippen molar-refractivity contribution in [3.8, 4) is 0 Å². The normalized spacial score (nSPS) is 11.9. The van der Waals surface area contributed by atoms with E-state index >= 15 is 0 Å². The molecular formula is C26H26N3O3+. The molecule has 6 heteroatoms. The Morgan fingerprint density at radius 1 is 0.938 bits per heavy atom. The van der Waals surface area contributed by atoms with E-state index in [1.165, 1.54) is 4.90 Å². The molecule has 0 saturated carbocycles. The molecule has 1 aromatic heterocycles. The van der Waals surface area contributed by atoms with Gasteiger partial charge in [0.05, 0.1) is 42.4 Å². The van der Waals surface area contributed by atoms with Crippen LogP contribution in [0.15, 0.2) is 62.5 Å². The van der Waals surface area contributed by atoms with Crippen molar-refractivity contribution in [2.24, 2.45) is 0 Å². The van der Waals surface area contributed by atoms with E-state index in [2.05, 4.69) is 24.4 Å². The first-order valence-electron chi connectivity index (χ1n) is 10.9. The molecule has 0 bridgehead atoms. The zero-order chi connectivity index (χ0) is 22.4. The van der Waals surface area contributed by atoms with E-state index in [9.17, 15) is 9.59 Å². The summed E-state index contributed by atoms with van der Waals surface area (Å²) in [5.41, 5.74) is 3.98. The van der Waals surface area contributed by atoms with Crippen LogP contribution < -0.4 is 21.1 Å². The monoisotopic (exact) mass is 428 g/mol. The van der Waals surface area contributed by atoms with E-state index < -0.39 is 0 Å². The smallest absolute Gasteiger partial charge is 0.196 e. The second-order valence-corrected chi connectivity index (χ2v) is 8.72. The molecule has 0 spiro atoms. The third-order valence-electron chi connectivity index (χ3n) is 5.95. The van der Waals surface area contributed by atoms with Gasteiger partial charge in [0.1, 0.15) is 0 Å². The Balaban J connectivity index is 1.86. The van der Waals surface area contributed by atoms with Crippen molar-refractivity contribution in [1.82, 2.24) is 4.98 Å². The Morgan fingerprint density at radius 3 is 2.38 bits per heavy atom. The zero-order valence-corrected chi connectivity index (χ0v) is 18.5. The zero-order valence-electron chi connectivity index (χ0n) is 18.5. The quantitative estimate of drug-likeness (QED) is 0.228. The Hall–Kier alpha value is -3.64. The molecule has 5 rings (SSSR count). The number of anilines is 1. The first kappa shape index (κ1) is 20.3. The summed E-state index contributed by atoms with van der Waals surface area (Å²) in [6.07, 6.45) is 0.939. The largest absolute Gasteiger partial charge is 0.453 e. The van der Waals surface area contributed by atoms with Crippen LogP contribution in [0.1, 0.15) is 12.0 Å². The number of quaternary nitrogens is 1. The fraction of sp³-hybridized carbons (Fsp3) is 0.231. The van der Waals surface area contributed by atoms with Gasteiger partial charge in [-0.25, -0.2) is 0 Å². The number of H-pyrrole nitrogens is 1. The number of rotatable bonds is 5. The highest BCUT2D eigenvalue weighted by atomic mass is 16.3. The van der Waals surface area contributed by atoms with Gasteiger partial charge in [-0.1, -0.05) is 30.3 Å². The summed E-state index contributed by atoms with van der Waals surface area (Å²) in [6, 6.07) is 14.7. The molecular weight excluding hydrogens is 402 g/mol. The minimum absolute atomic E-state index is 0.143. The SMILES string of the molecule is Cc1ccc2oc3cc(NCCC[NH+](C)C)c4c(=O)c5ccccc5c(=O)c4c3[nH]c2c1. The average molecular weight is 429 g/mol. The van der Waals surface area contributed by atoms with Crippen LogP contribution in [0.5, 0.6) is 0 Å². The molecule has 6 nitrogen and oxygen atoms in total. The summed E-state index contributed by atoms with van der Waals surface area (Å²) >= 11 is 0. The Kier molecular flexibility index (Phi) is 4.94. The van der Waals surface area contributed by atoms with Gasteiger partial charge in [0.15, 0.2) is 22.0 Å². The van der Waals surface area contributed by atoms with Crippen LogP contribution in [-0.4, -0.2) is 32.2 Å². The predicted molar refractivity (Wildman–Crippen MR) is 131 cm³/mol. The molecule has 162 valence electrons. The van der Waals surface area contributed by atoms with Crippen LogP contribution in [0.2, 0.25) is 0 Å². The Morgan fingerprint density at radius 2 is 1.66 bits per heavy atom. The van der Waals surface area contributed by atoms with Gasteiger partial charge in [-0.15, -0.1) is 0 Å². The number of fused-ring (bicyclic) bond motifs is 5. The molecule has 0 aliphatic rings. The predicted octanol–water partition coefficient (Wildman–Crippen LogP) is 3.20. The fourth-order valence-corrected chi connectivity index (χ4v) is 4.36. The van der Waals surface area contributed by atoms with E-state index in [-0.39, 0.29) is 10.9 Å². The van der Waals surface area contributed by atoms with Gasteiger partial charge in [0, 0.05) is 35.5 Å². The third kappa shape index (κ3) is 3.33. The van der Waals surface area contributed by atoms with Crippen LogP contribution in [-0.2, 0) is 0 Å². The van der Waals surface area contributed by atoms with Crippen molar-refractivity contribution < 1.29 is 9.32 Å². The number of aromatic nitrogens is 1. The van der Waals surface area contributed by atoms with Crippen LogP contribution in [0.25, 0.3) is 43.7 Å². The number of benzene rings is 4. The molecule has 32 heavy (non-hydrogen) atoms. The van der Waals surface area contributed by atoms with Crippen molar-refractivity contribution in [2.45, 2.75) is 13.3 Å².